The molecule has 0 fully saturated rings. The van der Waals surface area contributed by atoms with Gasteiger partial charge in [-0.3, -0.25) is 0 Å². The van der Waals surface area contributed by atoms with E-state index >= 15 is 0 Å². The van der Waals surface area contributed by atoms with Gasteiger partial charge in [-0.1, -0.05) is 50.8 Å². The van der Waals surface area contributed by atoms with E-state index in [0.29, 0.717) is 12.5 Å². The minimum atomic E-state index is -3.59. The molecule has 3 N–H and O–H groups in total. The summed E-state index contributed by atoms with van der Waals surface area (Å²) in [5, 5.41) is 0.223. The molecule has 0 spiro atoms. The lowest BCUT2D eigenvalue weighted by atomic mass is 10.00. The second kappa shape index (κ2) is 8.73. The molecule has 6 heteroatoms. The minimum Gasteiger partial charge on any atom is -0.326 e. The van der Waals surface area contributed by atoms with Gasteiger partial charge in [0.05, 0.1) is 5.02 Å². The zero-order chi connectivity index (χ0) is 15.9. The Morgan fingerprint density at radius 1 is 1.33 bits per heavy atom. The van der Waals surface area contributed by atoms with Crippen molar-refractivity contribution in [1.82, 2.24) is 4.72 Å². The van der Waals surface area contributed by atoms with Gasteiger partial charge in [0.25, 0.3) is 0 Å². The van der Waals surface area contributed by atoms with Crippen LogP contribution in [0.4, 0.5) is 0 Å². The van der Waals surface area contributed by atoms with Crippen LogP contribution < -0.4 is 10.5 Å². The van der Waals surface area contributed by atoms with Crippen molar-refractivity contribution in [3.63, 3.8) is 0 Å². The standard InChI is InChI=1S/C15H25ClN2O2S/c1-3-5-6-12(4-2)11-18-21(19,20)15-9-13(10-17)7-8-14(15)16/h7-9,12,18H,3-6,10-11,17H2,1-2H3. The maximum Gasteiger partial charge on any atom is 0.242 e. The van der Waals surface area contributed by atoms with Crippen molar-refractivity contribution in [3.05, 3.63) is 28.8 Å². The Morgan fingerprint density at radius 3 is 2.62 bits per heavy atom. The van der Waals surface area contributed by atoms with Gasteiger partial charge in [-0.05, 0) is 30.0 Å². The fourth-order valence-corrected chi connectivity index (χ4v) is 3.79. The van der Waals surface area contributed by atoms with E-state index in [4.69, 9.17) is 17.3 Å². The smallest absolute Gasteiger partial charge is 0.242 e. The minimum absolute atomic E-state index is 0.109. The number of unbranched alkanes of at least 4 members (excludes halogenated alkanes) is 1. The van der Waals surface area contributed by atoms with Crippen molar-refractivity contribution >= 4 is 21.6 Å². The van der Waals surface area contributed by atoms with Crippen LogP contribution in [0.3, 0.4) is 0 Å². The van der Waals surface area contributed by atoms with Crippen LogP contribution in [-0.2, 0) is 16.6 Å². The van der Waals surface area contributed by atoms with Crippen LogP contribution in [0.1, 0.15) is 45.1 Å². The molecule has 0 saturated heterocycles. The van der Waals surface area contributed by atoms with E-state index in [9.17, 15) is 8.42 Å². The van der Waals surface area contributed by atoms with Gasteiger partial charge in [0.15, 0.2) is 0 Å². The molecule has 120 valence electrons. The van der Waals surface area contributed by atoms with E-state index in [2.05, 4.69) is 18.6 Å². The van der Waals surface area contributed by atoms with E-state index in [-0.39, 0.29) is 16.5 Å². The zero-order valence-electron chi connectivity index (χ0n) is 12.7. The molecule has 0 aliphatic heterocycles. The molecule has 4 nitrogen and oxygen atoms in total. The second-order valence-electron chi connectivity index (χ2n) is 5.24. The Bertz CT molecular complexity index is 547. The zero-order valence-corrected chi connectivity index (χ0v) is 14.3. The lowest BCUT2D eigenvalue weighted by molar-refractivity contribution is 0.443. The van der Waals surface area contributed by atoms with Gasteiger partial charge < -0.3 is 5.73 Å². The number of nitrogens with one attached hydrogen (secondary N) is 1. The van der Waals surface area contributed by atoms with Crippen LogP contribution >= 0.6 is 11.6 Å². The monoisotopic (exact) mass is 332 g/mol. The van der Waals surface area contributed by atoms with E-state index in [1.165, 1.54) is 6.07 Å². The molecule has 0 radical (unpaired) electrons. The van der Waals surface area contributed by atoms with E-state index in [0.717, 1.165) is 31.2 Å². The van der Waals surface area contributed by atoms with Crippen molar-refractivity contribution in [2.75, 3.05) is 6.54 Å². The molecule has 0 bridgehead atoms. The van der Waals surface area contributed by atoms with E-state index in [1.807, 2.05) is 0 Å². The van der Waals surface area contributed by atoms with Crippen LogP contribution in [0.5, 0.6) is 0 Å². The number of halogens is 1. The maximum absolute atomic E-state index is 12.4. The molecular weight excluding hydrogens is 308 g/mol. The molecule has 0 saturated carbocycles. The molecular formula is C15H25ClN2O2S. The Morgan fingerprint density at radius 2 is 2.05 bits per heavy atom. The van der Waals surface area contributed by atoms with Crippen molar-refractivity contribution in [1.29, 1.82) is 0 Å². The number of hydrogen-bond donors (Lipinski definition) is 2. The molecule has 0 amide bonds. The topological polar surface area (TPSA) is 72.2 Å². The summed E-state index contributed by atoms with van der Waals surface area (Å²) in [6.07, 6.45) is 4.22. The third-order valence-electron chi connectivity index (χ3n) is 3.63. The Hall–Kier alpha value is -0.620. The number of nitrogens with two attached hydrogens (primary N) is 1. The van der Waals surface area contributed by atoms with Crippen LogP contribution in [0.25, 0.3) is 0 Å². The summed E-state index contributed by atoms with van der Waals surface area (Å²) in [7, 11) is -3.59. The number of sulfonamides is 1. The van der Waals surface area contributed by atoms with Gasteiger partial charge in [-0.15, -0.1) is 0 Å². The molecule has 0 aliphatic rings. The fraction of sp³-hybridized carbons (Fsp3) is 0.600. The largest absolute Gasteiger partial charge is 0.326 e. The van der Waals surface area contributed by atoms with Crippen molar-refractivity contribution in [2.45, 2.75) is 51.0 Å². The number of benzene rings is 1. The van der Waals surface area contributed by atoms with Crippen LogP contribution in [0, 0.1) is 5.92 Å². The highest BCUT2D eigenvalue weighted by molar-refractivity contribution is 7.89. The first kappa shape index (κ1) is 18.4. The average Bonchev–Trinajstić information content (AvgIpc) is 2.47. The summed E-state index contributed by atoms with van der Waals surface area (Å²) in [4.78, 5) is 0.109. The molecule has 1 aromatic rings. The highest BCUT2D eigenvalue weighted by Gasteiger charge is 2.19. The van der Waals surface area contributed by atoms with Gasteiger partial charge in [-0.2, -0.15) is 0 Å². The Labute approximate surface area is 133 Å². The van der Waals surface area contributed by atoms with Gasteiger partial charge >= 0.3 is 0 Å². The maximum atomic E-state index is 12.4. The second-order valence-corrected chi connectivity index (χ2v) is 7.38. The summed E-state index contributed by atoms with van der Waals surface area (Å²) >= 11 is 6.01. The lowest BCUT2D eigenvalue weighted by Gasteiger charge is -2.16. The van der Waals surface area contributed by atoms with Gasteiger partial charge in [0.2, 0.25) is 10.0 Å². The first-order chi connectivity index (χ1) is 9.94. The molecule has 0 heterocycles. The van der Waals surface area contributed by atoms with Crippen molar-refractivity contribution < 1.29 is 8.42 Å². The molecule has 0 aromatic heterocycles. The van der Waals surface area contributed by atoms with Gasteiger partial charge in [0.1, 0.15) is 4.90 Å². The molecule has 1 unspecified atom stereocenters. The van der Waals surface area contributed by atoms with Gasteiger partial charge in [0, 0.05) is 13.1 Å². The Balaban J connectivity index is 2.81. The van der Waals surface area contributed by atoms with Crippen molar-refractivity contribution in [2.24, 2.45) is 11.7 Å². The lowest BCUT2D eigenvalue weighted by Crippen LogP contribution is -2.29. The third-order valence-corrected chi connectivity index (χ3v) is 5.53. The average molecular weight is 333 g/mol. The molecule has 0 aliphatic carbocycles. The SMILES string of the molecule is CCCCC(CC)CNS(=O)(=O)c1cc(CN)ccc1Cl. The summed E-state index contributed by atoms with van der Waals surface area (Å²) < 4.78 is 27.4. The first-order valence-electron chi connectivity index (χ1n) is 7.42. The first-order valence-corrected chi connectivity index (χ1v) is 9.28. The predicted octanol–water partition coefficient (Wildman–Crippen LogP) is 3.29. The van der Waals surface area contributed by atoms with Crippen LogP contribution in [0.2, 0.25) is 5.02 Å². The summed E-state index contributed by atoms with van der Waals surface area (Å²) in [6, 6.07) is 4.85. The number of hydrogen-bond acceptors (Lipinski definition) is 3. The fourth-order valence-electron chi connectivity index (χ4n) is 2.13. The van der Waals surface area contributed by atoms with E-state index in [1.54, 1.807) is 12.1 Å². The normalized spacial score (nSPS) is 13.3. The highest BCUT2D eigenvalue weighted by atomic mass is 35.5. The quantitative estimate of drug-likeness (QED) is 0.728. The van der Waals surface area contributed by atoms with Gasteiger partial charge in [-0.25, -0.2) is 13.1 Å². The summed E-state index contributed by atoms with van der Waals surface area (Å²) in [5.74, 6) is 0.358. The predicted molar refractivity (Wildman–Crippen MR) is 87.8 cm³/mol. The van der Waals surface area contributed by atoms with Crippen LogP contribution in [0.15, 0.2) is 23.1 Å². The summed E-state index contributed by atoms with van der Waals surface area (Å²) in [6.45, 7) is 4.95. The van der Waals surface area contributed by atoms with Crippen molar-refractivity contribution in [3.8, 4) is 0 Å². The Kier molecular flexibility index (Phi) is 7.66. The third kappa shape index (κ3) is 5.58. The highest BCUT2D eigenvalue weighted by Crippen LogP contribution is 2.23. The molecule has 1 aromatic carbocycles. The molecule has 1 atom stereocenters. The number of rotatable bonds is 9. The molecule has 21 heavy (non-hydrogen) atoms. The summed E-state index contributed by atoms with van der Waals surface area (Å²) in [5.41, 5.74) is 6.30. The molecule has 1 rings (SSSR count). The van der Waals surface area contributed by atoms with Crippen LogP contribution in [-0.4, -0.2) is 15.0 Å². The van der Waals surface area contributed by atoms with E-state index < -0.39 is 10.0 Å².